The summed E-state index contributed by atoms with van der Waals surface area (Å²) in [6.45, 7) is 7.12. The van der Waals surface area contributed by atoms with E-state index < -0.39 is 29.1 Å². The molecule has 3 aromatic rings. The van der Waals surface area contributed by atoms with Gasteiger partial charge in [0.25, 0.3) is 5.91 Å². The highest BCUT2D eigenvalue weighted by Gasteiger charge is 2.30. The van der Waals surface area contributed by atoms with Crippen LogP contribution < -0.4 is 16.4 Å². The summed E-state index contributed by atoms with van der Waals surface area (Å²) in [5, 5.41) is 13.4. The molecule has 2 atom stereocenters. The number of primary amides is 1. The van der Waals surface area contributed by atoms with Gasteiger partial charge in [0.1, 0.15) is 0 Å². The third-order valence-electron chi connectivity index (χ3n) is 6.24. The fraction of sp³-hybridized carbons (Fsp3) is 0.267. The van der Waals surface area contributed by atoms with E-state index in [1.165, 1.54) is 24.6 Å². The zero-order valence-corrected chi connectivity index (χ0v) is 22.5. The molecule has 0 saturated carbocycles. The van der Waals surface area contributed by atoms with Crippen LogP contribution in [0.5, 0.6) is 0 Å². The van der Waals surface area contributed by atoms with Crippen LogP contribution >= 0.6 is 0 Å². The lowest BCUT2D eigenvalue weighted by Gasteiger charge is -2.27. The quantitative estimate of drug-likeness (QED) is 0.219. The second-order valence-corrected chi connectivity index (χ2v) is 10.1. The van der Waals surface area contributed by atoms with Crippen molar-refractivity contribution in [2.24, 2.45) is 21.4 Å². The zero-order chi connectivity index (χ0) is 28.6. The van der Waals surface area contributed by atoms with Crippen LogP contribution in [0.3, 0.4) is 0 Å². The minimum absolute atomic E-state index is 0.151. The molecule has 0 aliphatic heterocycles. The van der Waals surface area contributed by atoms with Gasteiger partial charge in [0, 0.05) is 22.4 Å². The molecule has 0 aliphatic carbocycles. The summed E-state index contributed by atoms with van der Waals surface area (Å²) >= 11 is 0. The fourth-order valence-corrected chi connectivity index (χ4v) is 4.11. The molecule has 2 unspecified atom stereocenters. The van der Waals surface area contributed by atoms with Crippen LogP contribution in [0, 0.1) is 5.41 Å². The molecule has 4 N–H and O–H groups in total. The van der Waals surface area contributed by atoms with Gasteiger partial charge >= 0.3 is 0 Å². The molecule has 0 heterocycles. The van der Waals surface area contributed by atoms with Crippen molar-refractivity contribution in [3.05, 3.63) is 90.0 Å². The molecule has 0 aromatic heterocycles. The number of nitrogens with two attached hydrogens (primary N) is 1. The van der Waals surface area contributed by atoms with Crippen molar-refractivity contribution in [3.8, 4) is 0 Å². The molecular weight excluding hydrogens is 494 g/mol. The van der Waals surface area contributed by atoms with Crippen LogP contribution in [-0.4, -0.2) is 29.5 Å². The lowest BCUT2D eigenvalue weighted by molar-refractivity contribution is -0.126. The number of amides is 3. The number of carbonyl (C=O) groups excluding carboxylic acids is 4. The van der Waals surface area contributed by atoms with Crippen molar-refractivity contribution in [3.63, 3.8) is 0 Å². The number of nitrogens with one attached hydrogen (secondary N) is 2. The van der Waals surface area contributed by atoms with Gasteiger partial charge in [-0.2, -0.15) is 10.2 Å². The van der Waals surface area contributed by atoms with E-state index in [4.69, 9.17) is 5.73 Å². The average Bonchev–Trinajstić information content (AvgIpc) is 2.89. The molecule has 39 heavy (non-hydrogen) atoms. The van der Waals surface area contributed by atoms with Gasteiger partial charge in [0.2, 0.25) is 17.9 Å². The van der Waals surface area contributed by atoms with Gasteiger partial charge in [-0.15, -0.1) is 0 Å². The fourth-order valence-electron chi connectivity index (χ4n) is 4.11. The number of anilines is 2. The van der Waals surface area contributed by atoms with Gasteiger partial charge in [-0.1, -0.05) is 63.2 Å². The molecule has 202 valence electrons. The van der Waals surface area contributed by atoms with Crippen molar-refractivity contribution >= 4 is 40.6 Å². The predicted octanol–water partition coefficient (Wildman–Crippen LogP) is 5.62. The minimum atomic E-state index is -1.40. The van der Waals surface area contributed by atoms with Crippen molar-refractivity contribution < 1.29 is 19.2 Å². The number of rotatable bonds is 11. The maximum absolute atomic E-state index is 13.1. The van der Waals surface area contributed by atoms with Crippen LogP contribution in [0.1, 0.15) is 56.0 Å². The first-order valence-corrected chi connectivity index (χ1v) is 12.5. The smallest absolute Gasteiger partial charge is 0.258 e. The highest BCUT2D eigenvalue weighted by molar-refractivity contribution is 6.10. The monoisotopic (exact) mass is 527 g/mol. The normalized spacial score (nSPS) is 12.9. The van der Waals surface area contributed by atoms with Crippen molar-refractivity contribution in [2.75, 3.05) is 10.6 Å². The van der Waals surface area contributed by atoms with Crippen molar-refractivity contribution in [1.29, 1.82) is 0 Å². The maximum Gasteiger partial charge on any atom is 0.258 e. The lowest BCUT2D eigenvalue weighted by Crippen LogP contribution is -2.32. The SMILES string of the molecule is CC(=O)C(N=Nc1cccc(C(N)=O)c1)C(=O)Nc1cccc(NC(=O)C(C)(C)CC(C)c2ccccc2)c1. The summed E-state index contributed by atoms with van der Waals surface area (Å²) in [6, 6.07) is 21.4. The molecule has 0 saturated heterocycles. The number of carbonyl (C=O) groups is 4. The average molecular weight is 528 g/mol. The van der Waals surface area contributed by atoms with E-state index in [0.29, 0.717) is 17.8 Å². The summed E-state index contributed by atoms with van der Waals surface area (Å²) in [4.78, 5) is 49.5. The topological polar surface area (TPSA) is 143 Å². The highest BCUT2D eigenvalue weighted by Crippen LogP contribution is 2.32. The Balaban J connectivity index is 1.67. The third kappa shape index (κ3) is 8.16. The van der Waals surface area contributed by atoms with Gasteiger partial charge in [0.05, 0.1) is 5.69 Å². The number of nitrogens with zero attached hydrogens (tertiary/aromatic N) is 2. The number of azo groups is 1. The molecule has 0 aliphatic rings. The standard InChI is InChI=1S/C30H33N5O4/c1-19(21-10-6-5-7-11-21)18-30(3,4)29(39)33-24-14-9-13-23(17-24)32-28(38)26(20(2)36)35-34-25-15-8-12-22(16-25)27(31)37/h5-17,19,26H,18H2,1-4H3,(H2,31,37)(H,32,38)(H,33,39). The number of hydrogen-bond acceptors (Lipinski definition) is 6. The van der Waals surface area contributed by atoms with Crippen LogP contribution in [0.4, 0.5) is 17.1 Å². The highest BCUT2D eigenvalue weighted by atomic mass is 16.2. The van der Waals surface area contributed by atoms with Gasteiger partial charge in [-0.25, -0.2) is 0 Å². The van der Waals surface area contributed by atoms with E-state index in [-0.39, 0.29) is 23.1 Å². The number of benzene rings is 3. The Morgan fingerprint density at radius 3 is 2.15 bits per heavy atom. The number of hydrogen-bond donors (Lipinski definition) is 3. The second-order valence-electron chi connectivity index (χ2n) is 10.1. The van der Waals surface area contributed by atoms with Gasteiger partial charge in [-0.05, 0) is 61.2 Å². The minimum Gasteiger partial charge on any atom is -0.366 e. The van der Waals surface area contributed by atoms with Gasteiger partial charge < -0.3 is 16.4 Å². The van der Waals surface area contributed by atoms with Crippen LogP contribution in [0.15, 0.2) is 89.1 Å². The first-order chi connectivity index (χ1) is 18.5. The molecule has 3 aromatic carbocycles. The molecule has 0 fully saturated rings. The molecule has 0 bridgehead atoms. The Bertz CT molecular complexity index is 1380. The summed E-state index contributed by atoms with van der Waals surface area (Å²) in [5.41, 5.74) is 7.18. The van der Waals surface area contributed by atoms with Crippen LogP contribution in [-0.2, 0) is 14.4 Å². The van der Waals surface area contributed by atoms with E-state index in [9.17, 15) is 19.2 Å². The summed E-state index contributed by atoms with van der Waals surface area (Å²) in [7, 11) is 0. The molecule has 0 radical (unpaired) electrons. The summed E-state index contributed by atoms with van der Waals surface area (Å²) in [5.74, 6) is -1.79. The summed E-state index contributed by atoms with van der Waals surface area (Å²) < 4.78 is 0. The molecule has 9 nitrogen and oxygen atoms in total. The Labute approximate surface area is 227 Å². The first-order valence-electron chi connectivity index (χ1n) is 12.5. The van der Waals surface area contributed by atoms with Gasteiger partial charge in [0.15, 0.2) is 5.78 Å². The molecule has 3 amide bonds. The maximum atomic E-state index is 13.1. The van der Waals surface area contributed by atoms with E-state index in [0.717, 1.165) is 0 Å². The van der Waals surface area contributed by atoms with Crippen LogP contribution in [0.25, 0.3) is 0 Å². The third-order valence-corrected chi connectivity index (χ3v) is 6.24. The second kappa shape index (κ2) is 12.7. The summed E-state index contributed by atoms with van der Waals surface area (Å²) in [6.07, 6.45) is 0.646. The largest absolute Gasteiger partial charge is 0.366 e. The van der Waals surface area contributed by atoms with E-state index >= 15 is 0 Å². The zero-order valence-electron chi connectivity index (χ0n) is 22.5. The Morgan fingerprint density at radius 2 is 1.51 bits per heavy atom. The Hall–Kier alpha value is -4.66. The Kier molecular flexibility index (Phi) is 9.43. The number of ketones is 1. The molecule has 9 heteroatoms. The van der Waals surface area contributed by atoms with E-state index in [2.05, 4.69) is 39.9 Å². The number of Topliss-reactive ketones (excluding diaryl/α,β-unsaturated/α-hetero) is 1. The van der Waals surface area contributed by atoms with Gasteiger partial charge in [-0.3, -0.25) is 19.2 Å². The lowest BCUT2D eigenvalue weighted by atomic mass is 9.80. The van der Waals surface area contributed by atoms with Crippen LogP contribution in [0.2, 0.25) is 0 Å². The predicted molar refractivity (Wildman–Crippen MR) is 151 cm³/mol. The van der Waals surface area contributed by atoms with Crippen molar-refractivity contribution in [1.82, 2.24) is 0 Å². The van der Waals surface area contributed by atoms with E-state index in [1.54, 1.807) is 36.4 Å². The molecule has 3 rings (SSSR count). The first kappa shape index (κ1) is 28.9. The Morgan fingerprint density at radius 1 is 0.872 bits per heavy atom. The molecule has 0 spiro atoms. The van der Waals surface area contributed by atoms with Crippen molar-refractivity contribution in [2.45, 2.75) is 46.1 Å². The molecular formula is C30H33N5O4. The van der Waals surface area contributed by atoms with E-state index in [1.807, 2.05) is 32.0 Å².